The van der Waals surface area contributed by atoms with Crippen LogP contribution in [0.3, 0.4) is 0 Å². The highest BCUT2D eigenvalue weighted by molar-refractivity contribution is 14.0. The van der Waals surface area contributed by atoms with E-state index in [0.717, 1.165) is 25.4 Å². The molecule has 16 heavy (non-hydrogen) atoms. The van der Waals surface area contributed by atoms with Crippen LogP contribution in [0.25, 0.3) is 0 Å². The van der Waals surface area contributed by atoms with E-state index in [2.05, 4.69) is 29.2 Å². The van der Waals surface area contributed by atoms with E-state index < -0.39 is 0 Å². The van der Waals surface area contributed by atoms with Crippen LogP contribution in [0.5, 0.6) is 0 Å². The third-order valence-electron chi connectivity index (χ3n) is 2.91. The number of nitrogens with one attached hydrogen (secondary N) is 1. The number of nitrogens with zero attached hydrogens (tertiary/aromatic N) is 2. The molecule has 1 aliphatic heterocycles. The van der Waals surface area contributed by atoms with Crippen molar-refractivity contribution >= 4 is 29.9 Å². The lowest BCUT2D eigenvalue weighted by Crippen LogP contribution is -2.34. The molecule has 0 saturated carbocycles. The molecule has 0 aromatic carbocycles. The third kappa shape index (κ3) is 6.52. The number of nitrogens with two attached hydrogens (primary N) is 1. The molecule has 0 spiro atoms. The molecule has 0 aromatic heterocycles. The van der Waals surface area contributed by atoms with E-state index in [9.17, 15) is 0 Å². The predicted octanol–water partition coefficient (Wildman–Crippen LogP) is 1.26. The van der Waals surface area contributed by atoms with Gasteiger partial charge in [-0.05, 0) is 45.3 Å². The Balaban J connectivity index is 0.00000225. The van der Waals surface area contributed by atoms with Crippen molar-refractivity contribution < 1.29 is 0 Å². The van der Waals surface area contributed by atoms with E-state index in [-0.39, 0.29) is 24.0 Å². The van der Waals surface area contributed by atoms with Gasteiger partial charge in [-0.3, -0.25) is 4.99 Å². The van der Waals surface area contributed by atoms with Crippen molar-refractivity contribution in [2.45, 2.75) is 26.2 Å². The largest absolute Gasteiger partial charge is 0.370 e. The number of hydrogen-bond donors (Lipinski definition) is 2. The molecule has 0 unspecified atom stereocenters. The number of piperidine rings is 1. The molecule has 0 atom stereocenters. The minimum atomic E-state index is 0. The van der Waals surface area contributed by atoms with Gasteiger partial charge in [-0.1, -0.05) is 6.92 Å². The summed E-state index contributed by atoms with van der Waals surface area (Å²) in [6.45, 7) is 6.32. The lowest BCUT2D eigenvalue weighted by molar-refractivity contribution is 0.223. The van der Waals surface area contributed by atoms with Gasteiger partial charge in [-0.25, -0.2) is 0 Å². The van der Waals surface area contributed by atoms with Crippen LogP contribution in [0.4, 0.5) is 0 Å². The number of aliphatic imine (C=N–C) groups is 1. The smallest absolute Gasteiger partial charge is 0.188 e. The first kappa shape index (κ1) is 16.0. The molecule has 4 nitrogen and oxygen atoms in total. The SMILES string of the molecule is CCCNC(N)=NCC1CCN(C)CC1.I. The molecule has 1 saturated heterocycles. The Hall–Kier alpha value is -0.0400. The Labute approximate surface area is 116 Å². The predicted molar refractivity (Wildman–Crippen MR) is 80.4 cm³/mol. The molecule has 0 amide bonds. The van der Waals surface area contributed by atoms with Crippen LogP contribution in [0.2, 0.25) is 0 Å². The monoisotopic (exact) mass is 340 g/mol. The van der Waals surface area contributed by atoms with Gasteiger partial charge in [-0.15, -0.1) is 24.0 Å². The second kappa shape index (κ2) is 9.04. The fraction of sp³-hybridized carbons (Fsp3) is 0.909. The molecule has 1 rings (SSSR count). The maximum atomic E-state index is 5.73. The number of rotatable bonds is 4. The highest BCUT2D eigenvalue weighted by Gasteiger charge is 2.15. The van der Waals surface area contributed by atoms with Crippen molar-refractivity contribution in [2.24, 2.45) is 16.6 Å². The van der Waals surface area contributed by atoms with E-state index >= 15 is 0 Å². The van der Waals surface area contributed by atoms with E-state index in [1.807, 2.05) is 0 Å². The van der Waals surface area contributed by atoms with Crippen molar-refractivity contribution in [3.8, 4) is 0 Å². The average Bonchev–Trinajstić information content (AvgIpc) is 2.25. The zero-order valence-electron chi connectivity index (χ0n) is 10.4. The highest BCUT2D eigenvalue weighted by Crippen LogP contribution is 2.15. The molecule has 0 aromatic rings. The zero-order valence-corrected chi connectivity index (χ0v) is 12.7. The van der Waals surface area contributed by atoms with Gasteiger partial charge in [0.05, 0.1) is 0 Å². The molecular weight excluding hydrogens is 315 g/mol. The highest BCUT2D eigenvalue weighted by atomic mass is 127. The summed E-state index contributed by atoms with van der Waals surface area (Å²) in [5.41, 5.74) is 5.73. The Morgan fingerprint density at radius 2 is 2.06 bits per heavy atom. The van der Waals surface area contributed by atoms with E-state index in [4.69, 9.17) is 5.73 Å². The minimum Gasteiger partial charge on any atom is -0.370 e. The molecule has 96 valence electrons. The van der Waals surface area contributed by atoms with Gasteiger partial charge in [0.15, 0.2) is 5.96 Å². The molecule has 0 radical (unpaired) electrons. The van der Waals surface area contributed by atoms with Crippen molar-refractivity contribution in [3.63, 3.8) is 0 Å². The molecule has 1 heterocycles. The molecule has 1 aliphatic rings. The van der Waals surface area contributed by atoms with E-state index in [1.54, 1.807) is 0 Å². The Morgan fingerprint density at radius 1 is 1.44 bits per heavy atom. The van der Waals surface area contributed by atoms with Gasteiger partial charge in [0, 0.05) is 13.1 Å². The van der Waals surface area contributed by atoms with Gasteiger partial charge in [-0.2, -0.15) is 0 Å². The average molecular weight is 340 g/mol. The van der Waals surface area contributed by atoms with Gasteiger partial charge < -0.3 is 16.0 Å². The van der Waals surface area contributed by atoms with Crippen LogP contribution in [-0.2, 0) is 0 Å². The summed E-state index contributed by atoms with van der Waals surface area (Å²) < 4.78 is 0. The van der Waals surface area contributed by atoms with Crippen molar-refractivity contribution in [1.29, 1.82) is 0 Å². The maximum Gasteiger partial charge on any atom is 0.188 e. The second-order valence-corrected chi connectivity index (χ2v) is 4.40. The molecule has 3 N–H and O–H groups in total. The maximum absolute atomic E-state index is 5.73. The molecule has 5 heteroatoms. The van der Waals surface area contributed by atoms with Crippen LogP contribution in [-0.4, -0.2) is 44.1 Å². The third-order valence-corrected chi connectivity index (χ3v) is 2.91. The van der Waals surface area contributed by atoms with Crippen LogP contribution in [0, 0.1) is 5.92 Å². The van der Waals surface area contributed by atoms with Gasteiger partial charge in [0.25, 0.3) is 0 Å². The van der Waals surface area contributed by atoms with Crippen molar-refractivity contribution in [2.75, 3.05) is 33.2 Å². The first-order valence-corrected chi connectivity index (χ1v) is 5.94. The number of guanidine groups is 1. The number of halogens is 1. The van der Waals surface area contributed by atoms with Gasteiger partial charge in [0.1, 0.15) is 0 Å². The quantitative estimate of drug-likeness (QED) is 0.460. The van der Waals surface area contributed by atoms with E-state index in [0.29, 0.717) is 5.96 Å². The zero-order chi connectivity index (χ0) is 11.1. The normalized spacial score (nSPS) is 19.2. The number of likely N-dealkylation sites (tertiary alicyclic amines) is 1. The second-order valence-electron chi connectivity index (χ2n) is 4.40. The van der Waals surface area contributed by atoms with Gasteiger partial charge in [0.2, 0.25) is 0 Å². The van der Waals surface area contributed by atoms with Gasteiger partial charge >= 0.3 is 0 Å². The lowest BCUT2D eigenvalue weighted by atomic mass is 9.97. The van der Waals surface area contributed by atoms with E-state index in [1.165, 1.54) is 25.9 Å². The van der Waals surface area contributed by atoms with Crippen LogP contribution >= 0.6 is 24.0 Å². The first-order chi connectivity index (χ1) is 7.22. The summed E-state index contributed by atoms with van der Waals surface area (Å²) in [7, 11) is 2.18. The van der Waals surface area contributed by atoms with Crippen LogP contribution in [0.1, 0.15) is 26.2 Å². The molecule has 0 aliphatic carbocycles. The van der Waals surface area contributed by atoms with Crippen molar-refractivity contribution in [1.82, 2.24) is 10.2 Å². The standard InChI is InChI=1S/C11H24N4.HI/c1-3-6-13-11(12)14-9-10-4-7-15(2)8-5-10;/h10H,3-9H2,1-2H3,(H3,12,13,14);1H. The first-order valence-electron chi connectivity index (χ1n) is 5.94. The summed E-state index contributed by atoms with van der Waals surface area (Å²) in [6.07, 6.45) is 3.59. The Morgan fingerprint density at radius 3 is 2.62 bits per heavy atom. The Kier molecular flexibility index (Phi) is 9.02. The summed E-state index contributed by atoms with van der Waals surface area (Å²) in [6, 6.07) is 0. The van der Waals surface area contributed by atoms with Crippen LogP contribution < -0.4 is 11.1 Å². The summed E-state index contributed by atoms with van der Waals surface area (Å²) in [4.78, 5) is 6.75. The summed E-state index contributed by atoms with van der Waals surface area (Å²) >= 11 is 0. The topological polar surface area (TPSA) is 53.6 Å². The van der Waals surface area contributed by atoms with Crippen molar-refractivity contribution in [3.05, 3.63) is 0 Å². The minimum absolute atomic E-state index is 0. The number of hydrogen-bond acceptors (Lipinski definition) is 2. The van der Waals surface area contributed by atoms with Crippen LogP contribution in [0.15, 0.2) is 4.99 Å². The summed E-state index contributed by atoms with van der Waals surface area (Å²) in [5.74, 6) is 1.33. The molecular formula is C11H25IN4. The Bertz CT molecular complexity index is 200. The molecule has 0 bridgehead atoms. The lowest BCUT2D eigenvalue weighted by Gasteiger charge is -2.27. The fourth-order valence-electron chi connectivity index (χ4n) is 1.78. The molecule has 1 fully saturated rings. The fourth-order valence-corrected chi connectivity index (χ4v) is 1.78. The summed E-state index contributed by atoms with van der Waals surface area (Å²) in [5, 5.41) is 3.10.